The number of rotatable bonds is 4. The van der Waals surface area contributed by atoms with Gasteiger partial charge in [-0.3, -0.25) is 0 Å². The minimum atomic E-state index is 0.782. The quantitative estimate of drug-likeness (QED) is 0.595. The van der Waals surface area contributed by atoms with Crippen molar-refractivity contribution < 1.29 is 0 Å². The maximum atomic E-state index is 2.24. The van der Waals surface area contributed by atoms with E-state index in [-0.39, 0.29) is 0 Å². The molecule has 0 aromatic rings. The van der Waals surface area contributed by atoms with Crippen molar-refractivity contribution in [2.45, 2.75) is 19.1 Å². The van der Waals surface area contributed by atoms with Gasteiger partial charge in [-0.05, 0) is 19.3 Å². The molecule has 0 N–H and O–H groups in total. The van der Waals surface area contributed by atoms with Crippen molar-refractivity contribution >= 4 is 11.8 Å². The van der Waals surface area contributed by atoms with Crippen LogP contribution in [0.1, 0.15) is 13.8 Å². The normalized spacial score (nSPS) is 11.3. The van der Waals surface area contributed by atoms with Crippen LogP contribution in [0.15, 0.2) is 0 Å². The van der Waals surface area contributed by atoms with Gasteiger partial charge < -0.3 is 4.90 Å². The van der Waals surface area contributed by atoms with Crippen molar-refractivity contribution in [1.82, 2.24) is 4.90 Å². The third kappa shape index (κ3) is 8.31. The van der Waals surface area contributed by atoms with E-state index in [1.54, 1.807) is 0 Å². The van der Waals surface area contributed by atoms with Crippen LogP contribution in [0.2, 0.25) is 0 Å². The summed E-state index contributed by atoms with van der Waals surface area (Å²) in [6, 6.07) is 0. The fourth-order valence-corrected chi connectivity index (χ4v) is 1.41. The highest BCUT2D eigenvalue weighted by molar-refractivity contribution is 7.99. The van der Waals surface area contributed by atoms with Crippen LogP contribution >= 0.6 is 11.8 Å². The fourth-order valence-electron chi connectivity index (χ4n) is 0.471. The molecule has 0 heterocycles. The van der Waals surface area contributed by atoms with E-state index in [0.717, 1.165) is 5.25 Å². The van der Waals surface area contributed by atoms with E-state index in [4.69, 9.17) is 0 Å². The van der Waals surface area contributed by atoms with Crippen LogP contribution in [0.4, 0.5) is 0 Å². The lowest BCUT2D eigenvalue weighted by molar-refractivity contribution is 0.437. The summed E-state index contributed by atoms with van der Waals surface area (Å²) in [5.74, 6) is 1.25. The van der Waals surface area contributed by atoms with Crippen molar-refractivity contribution in [2.24, 2.45) is 0 Å². The summed E-state index contributed by atoms with van der Waals surface area (Å²) in [6.07, 6.45) is 0. The van der Waals surface area contributed by atoms with Crippen LogP contribution in [0.25, 0.3) is 0 Å². The molecule has 0 bridgehead atoms. The molecular weight excluding hydrogens is 130 g/mol. The molecule has 0 aliphatic heterocycles. The Morgan fingerprint density at radius 3 is 2.22 bits per heavy atom. The molecule has 56 valence electrons. The van der Waals surface area contributed by atoms with Gasteiger partial charge in [0.25, 0.3) is 0 Å². The molecule has 0 unspecified atom stereocenters. The molecule has 0 saturated heterocycles. The van der Waals surface area contributed by atoms with Gasteiger partial charge in [-0.25, -0.2) is 0 Å². The van der Waals surface area contributed by atoms with Gasteiger partial charge in [0, 0.05) is 12.3 Å². The van der Waals surface area contributed by atoms with Gasteiger partial charge in [-0.15, -0.1) is 0 Å². The minimum absolute atomic E-state index is 0.782. The van der Waals surface area contributed by atoms with Crippen LogP contribution in [0.5, 0.6) is 0 Å². The van der Waals surface area contributed by atoms with E-state index >= 15 is 0 Å². The van der Waals surface area contributed by atoms with E-state index in [9.17, 15) is 0 Å². The lowest BCUT2D eigenvalue weighted by Crippen LogP contribution is -2.15. The predicted molar refractivity (Wildman–Crippen MR) is 46.1 cm³/mol. The molecule has 0 radical (unpaired) electrons. The van der Waals surface area contributed by atoms with E-state index in [1.807, 2.05) is 11.8 Å². The second-order valence-corrected chi connectivity index (χ2v) is 4.41. The van der Waals surface area contributed by atoms with Crippen molar-refractivity contribution in [3.8, 4) is 0 Å². The largest absolute Gasteiger partial charge is 0.309 e. The number of hydrogen-bond acceptors (Lipinski definition) is 2. The topological polar surface area (TPSA) is 3.24 Å². The van der Waals surface area contributed by atoms with Gasteiger partial charge >= 0.3 is 0 Å². The highest BCUT2D eigenvalue weighted by Crippen LogP contribution is 2.07. The molecule has 0 aliphatic carbocycles. The molecule has 0 aliphatic rings. The molecule has 1 nitrogen and oxygen atoms in total. The zero-order valence-corrected chi connectivity index (χ0v) is 7.66. The van der Waals surface area contributed by atoms with E-state index in [0.29, 0.717) is 0 Å². The first-order valence-corrected chi connectivity index (χ1v) is 4.44. The number of nitrogens with zero attached hydrogens (tertiary/aromatic N) is 1. The zero-order valence-electron chi connectivity index (χ0n) is 6.85. The highest BCUT2D eigenvalue weighted by atomic mass is 32.2. The van der Waals surface area contributed by atoms with Crippen LogP contribution in [0, 0.1) is 0 Å². The summed E-state index contributed by atoms with van der Waals surface area (Å²) in [5.41, 5.74) is 0. The summed E-state index contributed by atoms with van der Waals surface area (Å²) in [4.78, 5) is 2.22. The van der Waals surface area contributed by atoms with Crippen LogP contribution in [-0.4, -0.2) is 36.5 Å². The highest BCUT2D eigenvalue weighted by Gasteiger charge is 1.93. The van der Waals surface area contributed by atoms with Crippen molar-refractivity contribution in [2.75, 3.05) is 26.4 Å². The third-order valence-electron chi connectivity index (χ3n) is 0.990. The summed E-state index contributed by atoms with van der Waals surface area (Å²) in [7, 11) is 4.22. The van der Waals surface area contributed by atoms with Gasteiger partial charge in [-0.2, -0.15) is 11.8 Å². The summed E-state index contributed by atoms with van der Waals surface area (Å²) in [5, 5.41) is 0.782. The Hall–Kier alpha value is 0.310. The molecule has 0 atom stereocenters. The predicted octanol–water partition coefficient (Wildman–Crippen LogP) is 1.69. The summed E-state index contributed by atoms with van der Waals surface area (Å²) in [6.45, 7) is 5.67. The first kappa shape index (κ1) is 9.31. The lowest BCUT2D eigenvalue weighted by Gasteiger charge is -2.09. The van der Waals surface area contributed by atoms with Crippen LogP contribution < -0.4 is 0 Å². The third-order valence-corrected chi connectivity index (χ3v) is 2.07. The Balaban J connectivity index is 2.91. The van der Waals surface area contributed by atoms with Gasteiger partial charge in [-0.1, -0.05) is 13.8 Å². The van der Waals surface area contributed by atoms with E-state index < -0.39 is 0 Å². The Morgan fingerprint density at radius 2 is 1.89 bits per heavy atom. The molecule has 0 saturated carbocycles. The Bertz CT molecular complexity index is 53.9. The fraction of sp³-hybridized carbons (Fsp3) is 1.00. The average Bonchev–Trinajstić information content (AvgIpc) is 1.63. The van der Waals surface area contributed by atoms with Crippen molar-refractivity contribution in [1.29, 1.82) is 0 Å². The standard InChI is InChI=1S/C7H17NS/c1-7(2)9-6-5-8(3)4/h7H,5-6H2,1-4H3. The van der Waals surface area contributed by atoms with Gasteiger partial charge in [0.15, 0.2) is 0 Å². The zero-order chi connectivity index (χ0) is 7.28. The summed E-state index contributed by atoms with van der Waals surface area (Å²) >= 11 is 2.02. The van der Waals surface area contributed by atoms with Crippen molar-refractivity contribution in [3.05, 3.63) is 0 Å². The van der Waals surface area contributed by atoms with Crippen LogP contribution in [-0.2, 0) is 0 Å². The van der Waals surface area contributed by atoms with Gasteiger partial charge in [0.1, 0.15) is 0 Å². The Labute approximate surface area is 62.8 Å². The first-order chi connectivity index (χ1) is 4.13. The smallest absolute Gasteiger partial charge is 0.00663 e. The second kappa shape index (κ2) is 5.12. The molecular formula is C7H17NS. The molecule has 0 rings (SSSR count). The molecule has 9 heavy (non-hydrogen) atoms. The molecule has 0 amide bonds. The number of thioether (sulfide) groups is 1. The van der Waals surface area contributed by atoms with Gasteiger partial charge in [0.05, 0.1) is 0 Å². The molecule has 0 fully saturated rings. The Morgan fingerprint density at radius 1 is 1.33 bits per heavy atom. The SMILES string of the molecule is CC(C)SCCN(C)C. The minimum Gasteiger partial charge on any atom is -0.309 e. The lowest BCUT2D eigenvalue weighted by atomic mass is 10.6. The van der Waals surface area contributed by atoms with E-state index in [2.05, 4.69) is 32.8 Å². The average molecular weight is 147 g/mol. The monoisotopic (exact) mass is 147 g/mol. The molecule has 2 heteroatoms. The van der Waals surface area contributed by atoms with Crippen LogP contribution in [0.3, 0.4) is 0 Å². The second-order valence-electron chi connectivity index (χ2n) is 2.72. The maximum absolute atomic E-state index is 2.24. The molecule has 0 aromatic carbocycles. The van der Waals surface area contributed by atoms with Crippen molar-refractivity contribution in [3.63, 3.8) is 0 Å². The first-order valence-electron chi connectivity index (χ1n) is 3.39. The molecule has 0 spiro atoms. The molecule has 0 aromatic heterocycles. The van der Waals surface area contributed by atoms with Gasteiger partial charge in [0.2, 0.25) is 0 Å². The maximum Gasteiger partial charge on any atom is 0.00663 e. The Kier molecular flexibility index (Phi) is 5.30. The van der Waals surface area contributed by atoms with E-state index in [1.165, 1.54) is 12.3 Å². The number of hydrogen-bond donors (Lipinski definition) is 0. The summed E-state index contributed by atoms with van der Waals surface area (Å²) < 4.78 is 0.